The van der Waals surface area contributed by atoms with Crippen LogP contribution in [-0.2, 0) is 4.79 Å². The molecule has 3 nitrogen and oxygen atoms in total. The second-order valence-corrected chi connectivity index (χ2v) is 4.88. The van der Waals surface area contributed by atoms with Gasteiger partial charge in [-0.2, -0.15) is 0 Å². The number of carbonyl (C=O) groups is 1. The third kappa shape index (κ3) is 7.78. The highest BCUT2D eigenvalue weighted by atomic mass is 16.1. The maximum absolute atomic E-state index is 11.3. The van der Waals surface area contributed by atoms with Gasteiger partial charge in [-0.15, -0.1) is 0 Å². The molecule has 0 heterocycles. The van der Waals surface area contributed by atoms with Gasteiger partial charge in [0.15, 0.2) is 0 Å². The summed E-state index contributed by atoms with van der Waals surface area (Å²) in [5.41, 5.74) is 5.58. The summed E-state index contributed by atoms with van der Waals surface area (Å²) >= 11 is 0. The van der Waals surface area contributed by atoms with Gasteiger partial charge in [-0.25, -0.2) is 0 Å². The van der Waals surface area contributed by atoms with Crippen molar-refractivity contribution in [2.45, 2.75) is 34.1 Å². The van der Waals surface area contributed by atoms with Gasteiger partial charge in [0.2, 0.25) is 5.91 Å². The van der Waals surface area contributed by atoms with Crippen molar-refractivity contribution in [3.63, 3.8) is 0 Å². The highest BCUT2D eigenvalue weighted by Crippen LogP contribution is 2.10. The summed E-state index contributed by atoms with van der Waals surface area (Å²) in [6.07, 6.45) is 0.534. The average Bonchev–Trinajstić information content (AvgIpc) is 1.99. The van der Waals surface area contributed by atoms with Gasteiger partial charge in [0.1, 0.15) is 0 Å². The molecule has 0 aromatic carbocycles. The molecule has 0 bridgehead atoms. The van der Waals surface area contributed by atoms with Gasteiger partial charge in [-0.1, -0.05) is 27.7 Å². The maximum Gasteiger partial charge on any atom is 0.220 e. The fourth-order valence-corrected chi connectivity index (χ4v) is 0.836. The summed E-state index contributed by atoms with van der Waals surface area (Å²) in [6.45, 7) is 9.57. The summed E-state index contributed by atoms with van der Waals surface area (Å²) in [7, 11) is 0. The van der Waals surface area contributed by atoms with E-state index in [1.54, 1.807) is 0 Å². The molecule has 0 rings (SSSR count). The average molecular weight is 186 g/mol. The molecule has 78 valence electrons. The van der Waals surface area contributed by atoms with Gasteiger partial charge in [0.05, 0.1) is 0 Å². The van der Waals surface area contributed by atoms with Crippen LogP contribution in [0.15, 0.2) is 0 Å². The molecule has 0 aromatic heterocycles. The van der Waals surface area contributed by atoms with Crippen molar-refractivity contribution in [2.24, 2.45) is 17.1 Å². The molecule has 3 N–H and O–H groups in total. The molecule has 13 heavy (non-hydrogen) atoms. The standard InChI is InChI=1S/C10H22N2O/c1-8(6-11)5-9(13)12-7-10(2,3)4/h8H,5-7,11H2,1-4H3,(H,12,13). The molecule has 0 saturated heterocycles. The summed E-state index contributed by atoms with van der Waals surface area (Å²) < 4.78 is 0. The van der Waals surface area contributed by atoms with Crippen LogP contribution in [0.25, 0.3) is 0 Å². The minimum atomic E-state index is 0.105. The molecule has 0 spiro atoms. The fourth-order valence-electron chi connectivity index (χ4n) is 0.836. The lowest BCUT2D eigenvalue weighted by Crippen LogP contribution is -2.33. The molecule has 0 radical (unpaired) electrons. The van der Waals surface area contributed by atoms with Gasteiger partial charge >= 0.3 is 0 Å². The predicted molar refractivity (Wildman–Crippen MR) is 55.3 cm³/mol. The van der Waals surface area contributed by atoms with Crippen molar-refractivity contribution in [1.82, 2.24) is 5.32 Å². The Labute approximate surface area is 81.1 Å². The van der Waals surface area contributed by atoms with E-state index in [4.69, 9.17) is 5.73 Å². The fraction of sp³-hybridized carbons (Fsp3) is 0.900. The van der Waals surface area contributed by atoms with E-state index in [1.807, 2.05) is 6.92 Å². The van der Waals surface area contributed by atoms with Gasteiger partial charge in [0, 0.05) is 13.0 Å². The van der Waals surface area contributed by atoms with E-state index < -0.39 is 0 Å². The number of nitrogens with one attached hydrogen (secondary N) is 1. The van der Waals surface area contributed by atoms with Gasteiger partial charge < -0.3 is 11.1 Å². The number of hydrogen-bond donors (Lipinski definition) is 2. The van der Waals surface area contributed by atoms with Crippen molar-refractivity contribution in [3.8, 4) is 0 Å². The largest absolute Gasteiger partial charge is 0.356 e. The second-order valence-electron chi connectivity index (χ2n) is 4.88. The molecule has 0 aliphatic carbocycles. The smallest absolute Gasteiger partial charge is 0.220 e. The Morgan fingerprint density at radius 2 is 2.00 bits per heavy atom. The van der Waals surface area contributed by atoms with Crippen LogP contribution in [0.3, 0.4) is 0 Å². The van der Waals surface area contributed by atoms with Crippen LogP contribution in [0.1, 0.15) is 34.1 Å². The number of amides is 1. The first kappa shape index (κ1) is 12.4. The number of rotatable bonds is 4. The van der Waals surface area contributed by atoms with Crippen LogP contribution in [-0.4, -0.2) is 19.0 Å². The van der Waals surface area contributed by atoms with Gasteiger partial charge in [-0.05, 0) is 17.9 Å². The van der Waals surface area contributed by atoms with Crippen molar-refractivity contribution in [3.05, 3.63) is 0 Å². The molecule has 0 aliphatic rings. The molecule has 1 amide bonds. The van der Waals surface area contributed by atoms with Crippen LogP contribution in [0.5, 0.6) is 0 Å². The minimum Gasteiger partial charge on any atom is -0.356 e. The first-order valence-electron chi connectivity index (χ1n) is 4.82. The molecule has 1 atom stereocenters. The molecule has 1 unspecified atom stereocenters. The van der Waals surface area contributed by atoms with E-state index in [-0.39, 0.29) is 17.2 Å². The zero-order valence-corrected chi connectivity index (χ0v) is 9.18. The van der Waals surface area contributed by atoms with E-state index in [9.17, 15) is 4.79 Å². The lowest BCUT2D eigenvalue weighted by molar-refractivity contribution is -0.122. The number of hydrogen-bond acceptors (Lipinski definition) is 2. The van der Waals surface area contributed by atoms with Crippen LogP contribution >= 0.6 is 0 Å². The van der Waals surface area contributed by atoms with Gasteiger partial charge in [0.25, 0.3) is 0 Å². The van der Waals surface area contributed by atoms with Crippen molar-refractivity contribution in [1.29, 1.82) is 0 Å². The zero-order chi connectivity index (χ0) is 10.5. The highest BCUT2D eigenvalue weighted by molar-refractivity contribution is 5.76. The van der Waals surface area contributed by atoms with E-state index in [1.165, 1.54) is 0 Å². The summed E-state index contributed by atoms with van der Waals surface area (Å²) in [5, 5.41) is 2.89. The van der Waals surface area contributed by atoms with E-state index >= 15 is 0 Å². The summed E-state index contributed by atoms with van der Waals surface area (Å²) in [5.74, 6) is 0.382. The highest BCUT2D eigenvalue weighted by Gasteiger charge is 2.13. The molecular formula is C10H22N2O. The molecule has 0 aliphatic heterocycles. The molecular weight excluding hydrogens is 164 g/mol. The third-order valence-corrected chi connectivity index (χ3v) is 1.75. The minimum absolute atomic E-state index is 0.105. The lowest BCUT2D eigenvalue weighted by Gasteiger charge is -2.19. The Balaban J connectivity index is 3.64. The van der Waals surface area contributed by atoms with Crippen molar-refractivity contribution < 1.29 is 4.79 Å². The van der Waals surface area contributed by atoms with Crippen LogP contribution in [0.2, 0.25) is 0 Å². The normalized spacial score (nSPS) is 13.9. The first-order chi connectivity index (χ1) is 5.85. The Morgan fingerprint density at radius 1 is 1.46 bits per heavy atom. The van der Waals surface area contributed by atoms with Crippen LogP contribution in [0, 0.1) is 11.3 Å². The number of nitrogens with two attached hydrogens (primary N) is 1. The Morgan fingerprint density at radius 3 is 2.38 bits per heavy atom. The quantitative estimate of drug-likeness (QED) is 0.691. The summed E-state index contributed by atoms with van der Waals surface area (Å²) in [6, 6.07) is 0. The number of carbonyl (C=O) groups excluding carboxylic acids is 1. The Kier molecular flexibility index (Phi) is 4.99. The van der Waals surface area contributed by atoms with Crippen molar-refractivity contribution in [2.75, 3.05) is 13.1 Å². The lowest BCUT2D eigenvalue weighted by atomic mass is 9.97. The molecule has 0 saturated carbocycles. The SMILES string of the molecule is CC(CN)CC(=O)NCC(C)(C)C. The topological polar surface area (TPSA) is 55.1 Å². The summed E-state index contributed by atoms with van der Waals surface area (Å²) in [4.78, 5) is 11.3. The molecule has 0 aromatic rings. The Hall–Kier alpha value is -0.570. The second kappa shape index (κ2) is 5.22. The first-order valence-corrected chi connectivity index (χ1v) is 4.82. The van der Waals surface area contributed by atoms with Crippen LogP contribution in [0.4, 0.5) is 0 Å². The van der Waals surface area contributed by atoms with E-state index in [2.05, 4.69) is 26.1 Å². The monoisotopic (exact) mass is 186 g/mol. The zero-order valence-electron chi connectivity index (χ0n) is 9.18. The van der Waals surface area contributed by atoms with E-state index in [0.717, 1.165) is 6.54 Å². The maximum atomic E-state index is 11.3. The Bertz CT molecular complexity index is 161. The van der Waals surface area contributed by atoms with E-state index in [0.29, 0.717) is 13.0 Å². The third-order valence-electron chi connectivity index (χ3n) is 1.75. The molecule has 3 heteroatoms. The molecule has 0 fully saturated rings. The van der Waals surface area contributed by atoms with Crippen molar-refractivity contribution >= 4 is 5.91 Å². The predicted octanol–water partition coefficient (Wildman–Crippen LogP) is 1.13. The van der Waals surface area contributed by atoms with Gasteiger partial charge in [-0.3, -0.25) is 4.79 Å². The van der Waals surface area contributed by atoms with Crippen LogP contribution < -0.4 is 11.1 Å².